The Morgan fingerprint density at radius 1 is 1.18 bits per heavy atom. The fraction of sp³-hybridized carbons (Fsp3) is 0.308. The molecule has 0 saturated heterocycles. The summed E-state index contributed by atoms with van der Waals surface area (Å²) in [5.41, 5.74) is 1.63. The predicted octanol–water partition coefficient (Wildman–Crippen LogP) is 3.49. The van der Waals surface area contributed by atoms with E-state index in [0.717, 1.165) is 17.1 Å². The monoisotopic (exact) mass is 247 g/mol. The molecule has 88 valence electrons. The summed E-state index contributed by atoms with van der Waals surface area (Å²) in [6.45, 7) is 6.18. The zero-order valence-corrected chi connectivity index (χ0v) is 10.9. The van der Waals surface area contributed by atoms with Crippen molar-refractivity contribution in [2.24, 2.45) is 0 Å². The first kappa shape index (κ1) is 12.0. The van der Waals surface area contributed by atoms with Crippen molar-refractivity contribution in [1.29, 1.82) is 0 Å². The molecule has 0 N–H and O–H groups in total. The molecule has 0 amide bonds. The fourth-order valence-corrected chi connectivity index (χ4v) is 1.60. The molecule has 0 spiro atoms. The van der Waals surface area contributed by atoms with Crippen LogP contribution < -0.4 is 0 Å². The van der Waals surface area contributed by atoms with Gasteiger partial charge in [0.25, 0.3) is 0 Å². The van der Waals surface area contributed by atoms with Gasteiger partial charge < -0.3 is 0 Å². The highest BCUT2D eigenvalue weighted by Crippen LogP contribution is 2.24. The second kappa shape index (κ2) is 4.41. The van der Waals surface area contributed by atoms with E-state index in [1.54, 1.807) is 18.5 Å². The van der Waals surface area contributed by atoms with E-state index in [0.29, 0.717) is 5.15 Å². The van der Waals surface area contributed by atoms with Crippen LogP contribution in [0.2, 0.25) is 5.15 Å². The van der Waals surface area contributed by atoms with Gasteiger partial charge in [-0.3, -0.25) is 4.98 Å². The average molecular weight is 248 g/mol. The number of pyridine rings is 1. The van der Waals surface area contributed by atoms with Crippen LogP contribution in [0.5, 0.6) is 0 Å². The first-order valence-corrected chi connectivity index (χ1v) is 5.80. The summed E-state index contributed by atoms with van der Waals surface area (Å²) in [5, 5.41) is 0.462. The van der Waals surface area contributed by atoms with Gasteiger partial charge in [-0.15, -0.1) is 0 Å². The Kier molecular flexibility index (Phi) is 3.11. The lowest BCUT2D eigenvalue weighted by Crippen LogP contribution is -2.16. The van der Waals surface area contributed by atoms with E-state index in [9.17, 15) is 0 Å². The first-order chi connectivity index (χ1) is 7.97. The molecule has 0 aromatic carbocycles. The maximum Gasteiger partial charge on any atom is 0.136 e. The van der Waals surface area contributed by atoms with Gasteiger partial charge in [0, 0.05) is 29.4 Å². The van der Waals surface area contributed by atoms with E-state index >= 15 is 0 Å². The van der Waals surface area contributed by atoms with E-state index in [1.807, 2.05) is 12.1 Å². The smallest absolute Gasteiger partial charge is 0.136 e. The highest BCUT2D eigenvalue weighted by atomic mass is 35.5. The van der Waals surface area contributed by atoms with Crippen molar-refractivity contribution in [2.45, 2.75) is 26.2 Å². The van der Waals surface area contributed by atoms with E-state index in [-0.39, 0.29) is 5.41 Å². The molecule has 0 unspecified atom stereocenters. The van der Waals surface area contributed by atoms with Crippen LogP contribution in [0.1, 0.15) is 26.6 Å². The van der Waals surface area contributed by atoms with Crippen molar-refractivity contribution in [1.82, 2.24) is 15.0 Å². The third-order valence-electron chi connectivity index (χ3n) is 2.32. The molecule has 2 rings (SSSR count). The van der Waals surface area contributed by atoms with Crippen LogP contribution in [0.15, 0.2) is 30.6 Å². The Bertz CT molecular complexity index is 518. The Balaban J connectivity index is 2.54. The van der Waals surface area contributed by atoms with Crippen LogP contribution in [0, 0.1) is 0 Å². The van der Waals surface area contributed by atoms with Gasteiger partial charge in [0.2, 0.25) is 0 Å². The summed E-state index contributed by atoms with van der Waals surface area (Å²) in [7, 11) is 0. The Hall–Kier alpha value is -1.48. The normalized spacial score (nSPS) is 11.5. The second-order valence-corrected chi connectivity index (χ2v) is 5.28. The molecule has 0 radical (unpaired) electrons. The van der Waals surface area contributed by atoms with Crippen LogP contribution in [0.25, 0.3) is 11.3 Å². The van der Waals surface area contributed by atoms with Crippen molar-refractivity contribution >= 4 is 11.6 Å². The van der Waals surface area contributed by atoms with Gasteiger partial charge in [0.15, 0.2) is 0 Å². The van der Waals surface area contributed by atoms with Crippen molar-refractivity contribution in [3.05, 3.63) is 41.6 Å². The minimum absolute atomic E-state index is 0.123. The lowest BCUT2D eigenvalue weighted by atomic mass is 9.95. The quantitative estimate of drug-likeness (QED) is 0.724. The van der Waals surface area contributed by atoms with Gasteiger partial charge in [-0.25, -0.2) is 9.97 Å². The number of halogens is 1. The molecule has 0 aliphatic rings. The van der Waals surface area contributed by atoms with E-state index in [1.165, 1.54) is 0 Å². The van der Waals surface area contributed by atoms with Gasteiger partial charge in [0.05, 0.1) is 5.69 Å². The number of hydrogen-bond acceptors (Lipinski definition) is 3. The largest absolute Gasteiger partial charge is 0.264 e. The van der Waals surface area contributed by atoms with Crippen LogP contribution in [0.3, 0.4) is 0 Å². The predicted molar refractivity (Wildman–Crippen MR) is 69.0 cm³/mol. The molecule has 2 heterocycles. The molecule has 2 aromatic rings. The molecule has 0 saturated carbocycles. The van der Waals surface area contributed by atoms with Gasteiger partial charge in [-0.2, -0.15) is 0 Å². The number of aromatic nitrogens is 3. The molecule has 0 aliphatic heterocycles. The highest BCUT2D eigenvalue weighted by molar-refractivity contribution is 6.29. The maximum absolute atomic E-state index is 6.03. The van der Waals surface area contributed by atoms with Gasteiger partial charge in [-0.05, 0) is 12.1 Å². The SMILES string of the molecule is CC(C)(C)c1nc(Cl)cc(-c2cccnc2)n1. The molecule has 3 nitrogen and oxygen atoms in total. The third kappa shape index (κ3) is 2.80. The molecular formula is C13H14ClN3. The summed E-state index contributed by atoms with van der Waals surface area (Å²) in [6.07, 6.45) is 3.50. The minimum atomic E-state index is -0.123. The summed E-state index contributed by atoms with van der Waals surface area (Å²) in [5.74, 6) is 0.740. The van der Waals surface area contributed by atoms with Crippen LogP contribution in [-0.4, -0.2) is 15.0 Å². The van der Waals surface area contributed by atoms with Crippen molar-refractivity contribution in [2.75, 3.05) is 0 Å². The molecule has 0 fully saturated rings. The lowest BCUT2D eigenvalue weighted by molar-refractivity contribution is 0.546. The summed E-state index contributed by atoms with van der Waals surface area (Å²) >= 11 is 6.03. The molecule has 0 atom stereocenters. The Morgan fingerprint density at radius 3 is 2.53 bits per heavy atom. The van der Waals surface area contributed by atoms with Crippen molar-refractivity contribution < 1.29 is 0 Å². The Morgan fingerprint density at radius 2 is 1.94 bits per heavy atom. The van der Waals surface area contributed by atoms with Crippen molar-refractivity contribution in [3.8, 4) is 11.3 Å². The topological polar surface area (TPSA) is 38.7 Å². The molecule has 0 bridgehead atoms. The number of nitrogens with zero attached hydrogens (tertiary/aromatic N) is 3. The van der Waals surface area contributed by atoms with Gasteiger partial charge >= 0.3 is 0 Å². The lowest BCUT2D eigenvalue weighted by Gasteiger charge is -2.17. The van der Waals surface area contributed by atoms with Gasteiger partial charge in [0.1, 0.15) is 11.0 Å². The molecule has 17 heavy (non-hydrogen) atoms. The van der Waals surface area contributed by atoms with E-state index in [4.69, 9.17) is 11.6 Å². The fourth-order valence-electron chi connectivity index (χ4n) is 1.42. The third-order valence-corrected chi connectivity index (χ3v) is 2.52. The molecular weight excluding hydrogens is 234 g/mol. The molecule has 4 heteroatoms. The second-order valence-electron chi connectivity index (χ2n) is 4.89. The molecule has 0 aliphatic carbocycles. The molecule has 2 aromatic heterocycles. The van der Waals surface area contributed by atoms with Crippen molar-refractivity contribution in [3.63, 3.8) is 0 Å². The maximum atomic E-state index is 6.03. The first-order valence-electron chi connectivity index (χ1n) is 5.42. The van der Waals surface area contributed by atoms with Crippen LogP contribution >= 0.6 is 11.6 Å². The number of rotatable bonds is 1. The Labute approximate surface area is 106 Å². The van der Waals surface area contributed by atoms with E-state index in [2.05, 4.69) is 35.7 Å². The summed E-state index contributed by atoms with van der Waals surface area (Å²) < 4.78 is 0. The van der Waals surface area contributed by atoms with Crippen LogP contribution in [-0.2, 0) is 5.41 Å². The zero-order valence-electron chi connectivity index (χ0n) is 10.1. The minimum Gasteiger partial charge on any atom is -0.264 e. The number of hydrogen-bond donors (Lipinski definition) is 0. The average Bonchev–Trinajstić information content (AvgIpc) is 2.28. The zero-order chi connectivity index (χ0) is 12.5. The highest BCUT2D eigenvalue weighted by Gasteiger charge is 2.19. The standard InChI is InChI=1S/C13H14ClN3/c1-13(2,3)12-16-10(7-11(14)17-12)9-5-4-6-15-8-9/h4-8H,1-3H3. The summed E-state index contributed by atoms with van der Waals surface area (Å²) in [4.78, 5) is 12.9. The van der Waals surface area contributed by atoms with Gasteiger partial charge in [-0.1, -0.05) is 32.4 Å². The van der Waals surface area contributed by atoms with Crippen LogP contribution in [0.4, 0.5) is 0 Å². The van der Waals surface area contributed by atoms with E-state index < -0.39 is 0 Å². The summed E-state index contributed by atoms with van der Waals surface area (Å²) in [6, 6.07) is 5.59.